The Balaban J connectivity index is 1.43. The maximum Gasteiger partial charge on any atom is 0.243 e. The number of oxime groups is 2. The molecular formula is C37H38N4O2. The van der Waals surface area contributed by atoms with Crippen LogP contribution in [0.25, 0.3) is 0 Å². The largest absolute Gasteiger partial charge is 0.360 e. The second kappa shape index (κ2) is 10.0. The topological polar surface area (TPSA) is 49.7 Å². The first-order valence-corrected chi connectivity index (χ1v) is 15.1. The van der Waals surface area contributed by atoms with Crippen molar-refractivity contribution in [3.63, 3.8) is 0 Å². The fourth-order valence-electron chi connectivity index (χ4n) is 7.57. The van der Waals surface area contributed by atoms with Gasteiger partial charge in [-0.3, -0.25) is 0 Å². The molecule has 0 bridgehead atoms. The van der Waals surface area contributed by atoms with E-state index in [-0.39, 0.29) is 0 Å². The van der Waals surface area contributed by atoms with Crippen molar-refractivity contribution in [3.8, 4) is 0 Å². The van der Waals surface area contributed by atoms with Gasteiger partial charge in [0.15, 0.2) is 11.7 Å². The Kier molecular flexibility index (Phi) is 6.35. The van der Waals surface area contributed by atoms with Gasteiger partial charge < -0.3 is 19.5 Å². The number of hydrogen-bond donors (Lipinski definition) is 0. The van der Waals surface area contributed by atoms with Crippen LogP contribution in [0, 0.1) is 41.5 Å². The van der Waals surface area contributed by atoms with Gasteiger partial charge in [-0.1, -0.05) is 106 Å². The monoisotopic (exact) mass is 570 g/mol. The number of aryl methyl sites for hydroxylation is 6. The molecule has 3 aliphatic heterocycles. The summed E-state index contributed by atoms with van der Waals surface area (Å²) < 4.78 is 0. The molecule has 3 aliphatic rings. The first kappa shape index (κ1) is 27.3. The molecule has 0 amide bonds. The Labute approximate surface area is 254 Å². The number of fused-ring (bicyclic) bond motifs is 2. The molecular weight excluding hydrogens is 532 g/mol. The van der Waals surface area contributed by atoms with Crippen molar-refractivity contribution in [1.29, 1.82) is 0 Å². The predicted octanol–water partition coefficient (Wildman–Crippen LogP) is 7.33. The normalized spacial score (nSPS) is 22.7. The van der Waals surface area contributed by atoms with Crippen LogP contribution in [0.15, 0.2) is 95.2 Å². The van der Waals surface area contributed by atoms with Crippen molar-refractivity contribution in [2.45, 2.75) is 59.4 Å². The molecule has 2 atom stereocenters. The Bertz CT molecular complexity index is 1600. The SMILES string of the molecule is Cc1cc(C)c(C2=NO[C@@]3(c4ccccc4)C[C@]4(c5ccccc5)ON=C(c5c(C)cc(C)cc5C)N4CCN23)c(C)c1. The van der Waals surface area contributed by atoms with E-state index in [4.69, 9.17) is 20.0 Å². The van der Waals surface area contributed by atoms with Gasteiger partial charge in [0.1, 0.15) is 0 Å². The van der Waals surface area contributed by atoms with E-state index in [9.17, 15) is 0 Å². The smallest absolute Gasteiger partial charge is 0.243 e. The van der Waals surface area contributed by atoms with E-state index in [0.717, 1.165) is 33.9 Å². The van der Waals surface area contributed by atoms with Crippen molar-refractivity contribution in [2.75, 3.05) is 13.1 Å². The molecule has 218 valence electrons. The first-order valence-electron chi connectivity index (χ1n) is 15.1. The highest BCUT2D eigenvalue weighted by atomic mass is 16.7. The minimum absolute atomic E-state index is 0.460. The van der Waals surface area contributed by atoms with E-state index < -0.39 is 11.4 Å². The Morgan fingerprint density at radius 2 is 0.884 bits per heavy atom. The van der Waals surface area contributed by atoms with Crippen LogP contribution >= 0.6 is 0 Å². The van der Waals surface area contributed by atoms with Crippen molar-refractivity contribution in [3.05, 3.63) is 141 Å². The Morgan fingerprint density at radius 3 is 1.23 bits per heavy atom. The maximum atomic E-state index is 6.73. The maximum absolute atomic E-state index is 6.73. The lowest BCUT2D eigenvalue weighted by Gasteiger charge is -2.41. The van der Waals surface area contributed by atoms with E-state index in [0.29, 0.717) is 19.5 Å². The number of amidine groups is 2. The molecule has 6 nitrogen and oxygen atoms in total. The second-order valence-electron chi connectivity index (χ2n) is 12.3. The summed E-state index contributed by atoms with van der Waals surface area (Å²) in [6.07, 6.45) is 0.460. The minimum atomic E-state index is -0.909. The van der Waals surface area contributed by atoms with Crippen molar-refractivity contribution < 1.29 is 9.68 Å². The highest BCUT2D eigenvalue weighted by Gasteiger charge is 2.62. The molecule has 0 unspecified atom stereocenters. The molecule has 3 heterocycles. The van der Waals surface area contributed by atoms with Gasteiger partial charge in [-0.15, -0.1) is 0 Å². The number of rotatable bonds is 4. The highest BCUT2D eigenvalue weighted by Crippen LogP contribution is 2.52. The zero-order valence-corrected chi connectivity index (χ0v) is 25.8. The molecule has 4 aromatic rings. The molecule has 0 N–H and O–H groups in total. The van der Waals surface area contributed by atoms with Gasteiger partial charge in [0.25, 0.3) is 0 Å². The lowest BCUT2D eigenvalue weighted by Crippen LogP contribution is -2.51. The average molecular weight is 571 g/mol. The molecule has 4 aromatic carbocycles. The molecule has 1 fully saturated rings. The molecule has 0 aromatic heterocycles. The predicted molar refractivity (Wildman–Crippen MR) is 171 cm³/mol. The zero-order chi connectivity index (χ0) is 29.9. The summed E-state index contributed by atoms with van der Waals surface area (Å²) in [7, 11) is 0. The summed E-state index contributed by atoms with van der Waals surface area (Å²) in [5.74, 6) is 1.73. The third kappa shape index (κ3) is 4.15. The van der Waals surface area contributed by atoms with Crippen molar-refractivity contribution in [1.82, 2.24) is 9.80 Å². The second-order valence-corrected chi connectivity index (χ2v) is 12.3. The van der Waals surface area contributed by atoms with Crippen LogP contribution in [0.3, 0.4) is 0 Å². The average Bonchev–Trinajstić information content (AvgIpc) is 3.46. The van der Waals surface area contributed by atoms with Crippen molar-refractivity contribution >= 4 is 11.7 Å². The third-order valence-corrected chi connectivity index (χ3v) is 9.23. The van der Waals surface area contributed by atoms with Crippen LogP contribution in [0.4, 0.5) is 0 Å². The summed E-state index contributed by atoms with van der Waals surface area (Å²) in [4.78, 5) is 18.2. The molecule has 0 spiro atoms. The number of hydrogen-bond acceptors (Lipinski definition) is 6. The van der Waals surface area contributed by atoms with Gasteiger partial charge in [-0.25, -0.2) is 0 Å². The zero-order valence-electron chi connectivity index (χ0n) is 25.8. The van der Waals surface area contributed by atoms with Crippen LogP contribution in [0.1, 0.15) is 62.1 Å². The summed E-state index contributed by atoms with van der Waals surface area (Å²) in [6.45, 7) is 14.3. The van der Waals surface area contributed by atoms with Crippen LogP contribution in [0.2, 0.25) is 0 Å². The van der Waals surface area contributed by atoms with Gasteiger partial charge >= 0.3 is 0 Å². The summed E-state index contributed by atoms with van der Waals surface area (Å²) in [5.41, 5.74) is 9.74. The van der Waals surface area contributed by atoms with Crippen LogP contribution in [-0.2, 0) is 21.1 Å². The minimum Gasteiger partial charge on any atom is -0.360 e. The summed E-state index contributed by atoms with van der Waals surface area (Å²) >= 11 is 0. The quantitative estimate of drug-likeness (QED) is 0.258. The molecule has 1 saturated heterocycles. The van der Waals surface area contributed by atoms with E-state index in [1.165, 1.54) is 33.4 Å². The number of benzene rings is 4. The highest BCUT2D eigenvalue weighted by molar-refractivity contribution is 6.04. The van der Waals surface area contributed by atoms with Crippen molar-refractivity contribution in [2.24, 2.45) is 10.3 Å². The van der Waals surface area contributed by atoms with Crippen LogP contribution in [-0.4, -0.2) is 34.6 Å². The summed E-state index contributed by atoms with van der Waals surface area (Å²) in [6, 6.07) is 29.8. The molecule has 0 saturated carbocycles. The molecule has 6 heteroatoms. The van der Waals surface area contributed by atoms with Gasteiger partial charge in [0, 0.05) is 35.3 Å². The fraction of sp³-hybridized carbons (Fsp3) is 0.297. The molecule has 0 radical (unpaired) electrons. The van der Waals surface area contributed by atoms with Crippen LogP contribution in [0.5, 0.6) is 0 Å². The summed E-state index contributed by atoms with van der Waals surface area (Å²) in [5, 5.41) is 9.75. The fourth-order valence-corrected chi connectivity index (χ4v) is 7.57. The number of nitrogens with zero attached hydrogens (tertiary/aromatic N) is 4. The van der Waals surface area contributed by atoms with E-state index >= 15 is 0 Å². The van der Waals surface area contributed by atoms with E-state index in [2.05, 4.69) is 124 Å². The molecule has 43 heavy (non-hydrogen) atoms. The van der Waals surface area contributed by atoms with Gasteiger partial charge in [0.2, 0.25) is 11.4 Å². The van der Waals surface area contributed by atoms with E-state index in [1.54, 1.807) is 0 Å². The third-order valence-electron chi connectivity index (χ3n) is 9.23. The van der Waals surface area contributed by atoms with E-state index in [1.807, 2.05) is 12.1 Å². The standard InChI is InChI=1S/C37H38N4O2/c1-24-19-26(3)32(27(4)20-24)34-38-42-36(30-13-9-7-10-14-30)23-37(31-15-11-8-12-16-31)41(18-17-40(34)36)35(39-43-37)33-28(5)21-25(2)22-29(33)6/h7-16,19-22H,17-18,23H2,1-6H3/t36-,37-/m1/s1. The molecule has 7 rings (SSSR count). The first-order chi connectivity index (χ1) is 20.7. The van der Waals surface area contributed by atoms with Crippen LogP contribution < -0.4 is 0 Å². The Morgan fingerprint density at radius 1 is 0.535 bits per heavy atom. The Hall–Kier alpha value is -4.58. The lowest BCUT2D eigenvalue weighted by atomic mass is 9.86. The lowest BCUT2D eigenvalue weighted by molar-refractivity contribution is -0.182. The van der Waals surface area contributed by atoms with Gasteiger partial charge in [-0.05, 0) is 63.8 Å². The molecule has 0 aliphatic carbocycles. The van der Waals surface area contributed by atoms with Gasteiger partial charge in [0.05, 0.1) is 6.42 Å². The van der Waals surface area contributed by atoms with Gasteiger partial charge in [-0.2, -0.15) is 0 Å².